The summed E-state index contributed by atoms with van der Waals surface area (Å²) in [7, 11) is 3.78. The summed E-state index contributed by atoms with van der Waals surface area (Å²) in [5, 5.41) is 11.6. The molecule has 0 unspecified atom stereocenters. The third kappa shape index (κ3) is 5.32. The molecule has 0 saturated carbocycles. The molecule has 0 aliphatic carbocycles. The van der Waals surface area contributed by atoms with Crippen molar-refractivity contribution in [2.75, 3.05) is 21.3 Å². The van der Waals surface area contributed by atoms with E-state index in [4.69, 9.17) is 18.9 Å². The molecule has 0 heterocycles. The lowest BCUT2D eigenvalue weighted by Gasteiger charge is -2.15. The topological polar surface area (TPSA) is 138 Å². The molecular weight excluding hydrogens is 410 g/mol. The molecule has 0 bridgehead atoms. The third-order valence-corrected chi connectivity index (χ3v) is 4.01. The number of hydrogen-bond acceptors (Lipinski definition) is 8. The predicted octanol–water partition coefficient (Wildman–Crippen LogP) is 2.48. The van der Waals surface area contributed by atoms with Gasteiger partial charge in [-0.1, -0.05) is 0 Å². The van der Waals surface area contributed by atoms with E-state index in [1.54, 1.807) is 12.1 Å². The lowest BCUT2D eigenvalue weighted by Crippen LogP contribution is -2.41. The van der Waals surface area contributed by atoms with Crippen molar-refractivity contribution < 1.29 is 33.5 Å². The van der Waals surface area contributed by atoms with Crippen molar-refractivity contribution in [3.05, 3.63) is 51.6 Å². The molecule has 2 aromatic carbocycles. The van der Waals surface area contributed by atoms with E-state index in [0.29, 0.717) is 5.75 Å². The normalized spacial score (nSPS) is 10.3. The Labute approximate surface area is 178 Å². The summed E-state index contributed by atoms with van der Waals surface area (Å²) in [5.41, 5.74) is 3.59. The first-order valence-corrected chi connectivity index (χ1v) is 9.08. The van der Waals surface area contributed by atoms with Gasteiger partial charge in [0.25, 0.3) is 11.8 Å². The number of carbonyl (C=O) groups is 2. The average molecular weight is 433 g/mol. The van der Waals surface area contributed by atoms with Crippen LogP contribution >= 0.6 is 0 Å². The fraction of sp³-hybridized carbons (Fsp3) is 0.300. The zero-order valence-corrected chi connectivity index (χ0v) is 17.7. The van der Waals surface area contributed by atoms with Gasteiger partial charge in [-0.2, -0.15) is 0 Å². The number of nitro benzene ring substituents is 1. The highest BCUT2D eigenvalue weighted by Crippen LogP contribution is 2.46. The SMILES string of the molecule is COc1cc(C(=O)NNC(=O)c2ccc(OC(C)C)cc2)c([N+](=O)[O-])c(OC)c1OC. The van der Waals surface area contributed by atoms with Crippen LogP contribution in [-0.2, 0) is 0 Å². The molecule has 2 N–H and O–H groups in total. The van der Waals surface area contributed by atoms with Gasteiger partial charge in [0.2, 0.25) is 11.5 Å². The maximum atomic E-state index is 12.6. The minimum Gasteiger partial charge on any atom is -0.493 e. The Morgan fingerprint density at radius 3 is 2.00 bits per heavy atom. The highest BCUT2D eigenvalue weighted by Gasteiger charge is 2.32. The molecule has 166 valence electrons. The van der Waals surface area contributed by atoms with E-state index in [0.717, 1.165) is 6.07 Å². The van der Waals surface area contributed by atoms with Crippen LogP contribution in [0.3, 0.4) is 0 Å². The number of carbonyl (C=O) groups excluding carboxylic acids is 2. The van der Waals surface area contributed by atoms with E-state index in [9.17, 15) is 19.7 Å². The van der Waals surface area contributed by atoms with Gasteiger partial charge >= 0.3 is 5.69 Å². The standard InChI is InChI=1S/C20H23N3O8/c1-11(2)31-13-8-6-12(7-9-13)19(24)21-22-20(25)14-10-15(28-3)17(29-4)18(30-5)16(14)23(26)27/h6-11H,1-5H3,(H,21,24)(H,22,25). The van der Waals surface area contributed by atoms with Crippen molar-refractivity contribution >= 4 is 17.5 Å². The second-order valence-corrected chi connectivity index (χ2v) is 6.40. The van der Waals surface area contributed by atoms with Crippen molar-refractivity contribution in [2.24, 2.45) is 0 Å². The predicted molar refractivity (Wildman–Crippen MR) is 110 cm³/mol. The molecule has 0 aliphatic heterocycles. The number of amides is 2. The Kier molecular flexibility index (Phi) is 7.61. The minimum absolute atomic E-state index is 0.0202. The van der Waals surface area contributed by atoms with Crippen molar-refractivity contribution in [2.45, 2.75) is 20.0 Å². The molecule has 0 radical (unpaired) electrons. The highest BCUT2D eigenvalue weighted by molar-refractivity contribution is 6.02. The van der Waals surface area contributed by atoms with Gasteiger partial charge in [0.1, 0.15) is 11.3 Å². The Bertz CT molecular complexity index is 973. The summed E-state index contributed by atoms with van der Waals surface area (Å²) in [4.78, 5) is 35.7. The van der Waals surface area contributed by atoms with Crippen molar-refractivity contribution in [1.29, 1.82) is 0 Å². The molecule has 11 nitrogen and oxygen atoms in total. The summed E-state index contributed by atoms with van der Waals surface area (Å²) in [6, 6.07) is 7.38. The number of methoxy groups -OCH3 is 3. The van der Waals surface area contributed by atoms with Crippen LogP contribution in [-0.4, -0.2) is 44.2 Å². The summed E-state index contributed by atoms with van der Waals surface area (Å²) in [6.45, 7) is 3.75. The van der Waals surface area contributed by atoms with Crippen LogP contribution in [0.25, 0.3) is 0 Å². The Morgan fingerprint density at radius 2 is 1.52 bits per heavy atom. The smallest absolute Gasteiger partial charge is 0.327 e. The lowest BCUT2D eigenvalue weighted by atomic mass is 10.1. The third-order valence-electron chi connectivity index (χ3n) is 4.01. The van der Waals surface area contributed by atoms with Crippen LogP contribution in [0, 0.1) is 10.1 Å². The van der Waals surface area contributed by atoms with Crippen LogP contribution in [0.5, 0.6) is 23.0 Å². The number of hydrazine groups is 1. The highest BCUT2D eigenvalue weighted by atomic mass is 16.6. The molecule has 2 amide bonds. The van der Waals surface area contributed by atoms with Gasteiger partial charge in [-0.15, -0.1) is 0 Å². The summed E-state index contributed by atoms with van der Waals surface area (Å²) < 4.78 is 20.8. The fourth-order valence-electron chi connectivity index (χ4n) is 2.71. The van der Waals surface area contributed by atoms with E-state index < -0.39 is 22.4 Å². The molecule has 0 fully saturated rings. The van der Waals surface area contributed by atoms with Gasteiger partial charge in [-0.3, -0.25) is 30.6 Å². The first-order valence-electron chi connectivity index (χ1n) is 9.08. The Morgan fingerprint density at radius 1 is 0.935 bits per heavy atom. The summed E-state index contributed by atoms with van der Waals surface area (Å²) in [5.74, 6) is -1.27. The van der Waals surface area contributed by atoms with Crippen LogP contribution in [0.15, 0.2) is 30.3 Å². The monoisotopic (exact) mass is 433 g/mol. The maximum absolute atomic E-state index is 12.6. The van der Waals surface area contributed by atoms with Crippen molar-refractivity contribution in [1.82, 2.24) is 10.9 Å². The first-order chi connectivity index (χ1) is 14.7. The van der Waals surface area contributed by atoms with Crippen LogP contribution in [0.2, 0.25) is 0 Å². The van der Waals surface area contributed by atoms with Gasteiger partial charge in [-0.05, 0) is 38.1 Å². The Balaban J connectivity index is 2.25. The van der Waals surface area contributed by atoms with Gasteiger partial charge in [0.15, 0.2) is 5.75 Å². The number of rotatable bonds is 8. The van der Waals surface area contributed by atoms with E-state index in [1.165, 1.54) is 33.5 Å². The van der Waals surface area contributed by atoms with Crippen molar-refractivity contribution in [3.8, 4) is 23.0 Å². The van der Waals surface area contributed by atoms with E-state index in [1.807, 2.05) is 13.8 Å². The number of ether oxygens (including phenoxy) is 4. The molecule has 0 saturated heterocycles. The van der Waals surface area contributed by atoms with E-state index in [-0.39, 0.29) is 34.5 Å². The number of nitrogens with one attached hydrogen (secondary N) is 2. The first kappa shape index (κ1) is 23.3. The molecule has 0 aromatic heterocycles. The summed E-state index contributed by atoms with van der Waals surface area (Å²) >= 11 is 0. The number of hydrogen-bond donors (Lipinski definition) is 2. The number of benzene rings is 2. The minimum atomic E-state index is -0.945. The average Bonchev–Trinajstić information content (AvgIpc) is 2.75. The second-order valence-electron chi connectivity index (χ2n) is 6.40. The van der Waals surface area contributed by atoms with E-state index in [2.05, 4.69) is 10.9 Å². The molecule has 2 aromatic rings. The van der Waals surface area contributed by atoms with Gasteiger partial charge < -0.3 is 18.9 Å². The van der Waals surface area contributed by atoms with Crippen LogP contribution < -0.4 is 29.8 Å². The van der Waals surface area contributed by atoms with Gasteiger partial charge in [0, 0.05) is 11.6 Å². The number of nitrogens with zero attached hydrogens (tertiary/aromatic N) is 1. The fourth-order valence-corrected chi connectivity index (χ4v) is 2.71. The van der Waals surface area contributed by atoms with E-state index >= 15 is 0 Å². The molecule has 2 rings (SSSR count). The maximum Gasteiger partial charge on any atom is 0.327 e. The lowest BCUT2D eigenvalue weighted by molar-refractivity contribution is -0.386. The molecular formula is C20H23N3O8. The van der Waals surface area contributed by atoms with Gasteiger partial charge in [0.05, 0.1) is 32.4 Å². The van der Waals surface area contributed by atoms with Crippen molar-refractivity contribution in [3.63, 3.8) is 0 Å². The molecule has 0 aliphatic rings. The molecule has 0 atom stereocenters. The Hall–Kier alpha value is -4.02. The summed E-state index contributed by atoms with van der Waals surface area (Å²) in [6.07, 6.45) is -0.0202. The molecule has 31 heavy (non-hydrogen) atoms. The van der Waals surface area contributed by atoms with Gasteiger partial charge in [-0.25, -0.2) is 0 Å². The molecule has 11 heteroatoms. The number of nitro groups is 1. The quantitative estimate of drug-likeness (QED) is 0.478. The zero-order valence-electron chi connectivity index (χ0n) is 17.7. The molecule has 0 spiro atoms. The second kappa shape index (κ2) is 10.1. The zero-order chi connectivity index (χ0) is 23.1. The van der Waals surface area contributed by atoms with Crippen LogP contribution in [0.4, 0.5) is 5.69 Å². The largest absolute Gasteiger partial charge is 0.493 e. The van der Waals surface area contributed by atoms with Crippen LogP contribution in [0.1, 0.15) is 34.6 Å².